The zero-order valence-electron chi connectivity index (χ0n) is 17.1. The summed E-state index contributed by atoms with van der Waals surface area (Å²) >= 11 is 0.998. The minimum Gasteiger partial charge on any atom is -0.325 e. The van der Waals surface area contributed by atoms with Crippen LogP contribution in [0.25, 0.3) is 11.0 Å². The Morgan fingerprint density at radius 1 is 1.03 bits per heavy atom. The van der Waals surface area contributed by atoms with Gasteiger partial charge < -0.3 is 15.6 Å². The summed E-state index contributed by atoms with van der Waals surface area (Å²) in [5, 5.41) is 11.9. The molecule has 0 aliphatic rings. The van der Waals surface area contributed by atoms with Gasteiger partial charge in [-0.1, -0.05) is 23.9 Å². The summed E-state index contributed by atoms with van der Waals surface area (Å²) in [5.74, 6) is -1.14. The molecular formula is C21H15F3N6O3S. The van der Waals surface area contributed by atoms with Crippen LogP contribution < -0.4 is 16.2 Å². The molecule has 2 aromatic carbocycles. The van der Waals surface area contributed by atoms with Crippen molar-refractivity contribution < 1.29 is 22.8 Å². The number of aromatic amines is 2. The van der Waals surface area contributed by atoms with E-state index in [1.807, 2.05) is 0 Å². The van der Waals surface area contributed by atoms with Crippen molar-refractivity contribution in [2.24, 2.45) is 0 Å². The number of nitrogens with zero attached hydrogens (tertiary/aromatic N) is 2. The minimum absolute atomic E-state index is 0.0126. The van der Waals surface area contributed by atoms with E-state index in [0.717, 1.165) is 23.9 Å². The van der Waals surface area contributed by atoms with Gasteiger partial charge in [-0.3, -0.25) is 19.5 Å². The van der Waals surface area contributed by atoms with Crippen LogP contribution in [0.2, 0.25) is 0 Å². The van der Waals surface area contributed by atoms with Gasteiger partial charge >= 0.3 is 6.18 Å². The van der Waals surface area contributed by atoms with Gasteiger partial charge in [0.05, 0.1) is 17.5 Å². The number of rotatable bonds is 6. The number of anilines is 2. The highest BCUT2D eigenvalue weighted by Gasteiger charge is 2.30. The molecule has 0 saturated carbocycles. The highest BCUT2D eigenvalue weighted by atomic mass is 32.2. The normalized spacial score (nSPS) is 11.4. The van der Waals surface area contributed by atoms with Crippen LogP contribution in [0.3, 0.4) is 0 Å². The Kier molecular flexibility index (Phi) is 6.36. The van der Waals surface area contributed by atoms with Crippen LogP contribution in [0.15, 0.2) is 64.7 Å². The summed E-state index contributed by atoms with van der Waals surface area (Å²) < 4.78 is 38.6. The number of fused-ring (bicyclic) bond motifs is 1. The standard InChI is InChI=1S/C21H15F3N6O3S/c22-21(23,24)12-4-2-6-14(8-12)27-18(32)11-3-1-5-13(7-11)26-16(31)10-34-20-28-17-15(9-25-30-17)19(33)29-20/h1-9H,10H2,(H,26,31)(H,27,32)(H2,25,28,29,30,33). The summed E-state index contributed by atoms with van der Waals surface area (Å²) in [6.07, 6.45) is -3.19. The largest absolute Gasteiger partial charge is 0.416 e. The van der Waals surface area contributed by atoms with E-state index in [-0.39, 0.29) is 27.7 Å². The molecule has 4 rings (SSSR count). The minimum atomic E-state index is -4.53. The SMILES string of the molecule is O=C(CSc1nc2[nH]ncc2c(=O)[nH]1)Nc1cccc(C(=O)Nc2cccc(C(F)(F)F)c2)c1. The fourth-order valence-corrected chi connectivity index (χ4v) is 3.60. The third-order valence-corrected chi connectivity index (χ3v) is 5.37. The molecule has 0 aliphatic heterocycles. The van der Waals surface area contributed by atoms with Crippen molar-refractivity contribution in [2.75, 3.05) is 16.4 Å². The number of hydrogen-bond acceptors (Lipinski definition) is 6. The van der Waals surface area contributed by atoms with E-state index in [1.54, 1.807) is 6.07 Å². The van der Waals surface area contributed by atoms with Gasteiger partial charge in [-0.25, -0.2) is 4.98 Å². The van der Waals surface area contributed by atoms with Crippen molar-refractivity contribution in [1.29, 1.82) is 0 Å². The monoisotopic (exact) mass is 488 g/mol. The zero-order chi connectivity index (χ0) is 24.3. The van der Waals surface area contributed by atoms with E-state index in [1.165, 1.54) is 36.5 Å². The first kappa shape index (κ1) is 23.0. The Morgan fingerprint density at radius 3 is 2.53 bits per heavy atom. The molecule has 2 aromatic heterocycles. The van der Waals surface area contributed by atoms with Crippen molar-refractivity contribution in [3.63, 3.8) is 0 Å². The van der Waals surface area contributed by atoms with Gasteiger partial charge in [0.25, 0.3) is 11.5 Å². The molecule has 4 aromatic rings. The van der Waals surface area contributed by atoms with E-state index in [9.17, 15) is 27.6 Å². The molecular weight excluding hydrogens is 473 g/mol. The number of amides is 2. The highest BCUT2D eigenvalue weighted by molar-refractivity contribution is 7.99. The molecule has 0 bridgehead atoms. The van der Waals surface area contributed by atoms with Crippen LogP contribution in [0.4, 0.5) is 24.5 Å². The van der Waals surface area contributed by atoms with Crippen LogP contribution in [0.1, 0.15) is 15.9 Å². The lowest BCUT2D eigenvalue weighted by atomic mass is 10.1. The number of benzene rings is 2. The average molecular weight is 488 g/mol. The lowest BCUT2D eigenvalue weighted by Crippen LogP contribution is -2.17. The van der Waals surface area contributed by atoms with Gasteiger partial charge in [0.2, 0.25) is 5.91 Å². The maximum atomic E-state index is 12.9. The first-order chi connectivity index (χ1) is 16.2. The molecule has 174 valence electrons. The Morgan fingerprint density at radius 2 is 1.76 bits per heavy atom. The Hall–Kier alpha value is -4.13. The molecule has 4 N–H and O–H groups in total. The van der Waals surface area contributed by atoms with Gasteiger partial charge in [-0.15, -0.1) is 0 Å². The predicted molar refractivity (Wildman–Crippen MR) is 120 cm³/mol. The molecule has 0 aliphatic carbocycles. The number of H-pyrrole nitrogens is 2. The Labute approximate surface area is 193 Å². The molecule has 0 unspecified atom stereocenters. The number of nitrogens with one attached hydrogen (secondary N) is 4. The first-order valence-corrected chi connectivity index (χ1v) is 10.6. The number of alkyl halides is 3. The topological polar surface area (TPSA) is 133 Å². The average Bonchev–Trinajstić information content (AvgIpc) is 3.27. The van der Waals surface area contributed by atoms with Crippen molar-refractivity contribution in [1.82, 2.24) is 20.2 Å². The second kappa shape index (κ2) is 9.39. The van der Waals surface area contributed by atoms with Crippen LogP contribution in [0, 0.1) is 0 Å². The molecule has 13 heteroatoms. The fourth-order valence-electron chi connectivity index (χ4n) is 2.94. The number of thioether (sulfide) groups is 1. The molecule has 2 heterocycles. The molecule has 0 atom stereocenters. The van der Waals surface area contributed by atoms with E-state index in [4.69, 9.17) is 0 Å². The van der Waals surface area contributed by atoms with Gasteiger partial charge in [-0.2, -0.15) is 18.3 Å². The zero-order valence-corrected chi connectivity index (χ0v) is 17.9. The number of carbonyl (C=O) groups is 2. The van der Waals surface area contributed by atoms with Crippen molar-refractivity contribution in [3.05, 3.63) is 76.2 Å². The summed E-state index contributed by atoms with van der Waals surface area (Å²) in [6.45, 7) is 0. The fraction of sp³-hybridized carbons (Fsp3) is 0.0952. The highest BCUT2D eigenvalue weighted by Crippen LogP contribution is 2.30. The molecule has 0 saturated heterocycles. The van der Waals surface area contributed by atoms with Gasteiger partial charge in [0.15, 0.2) is 10.8 Å². The first-order valence-electron chi connectivity index (χ1n) is 9.64. The molecule has 0 spiro atoms. The third-order valence-electron chi connectivity index (χ3n) is 4.49. The van der Waals surface area contributed by atoms with E-state index in [0.29, 0.717) is 16.7 Å². The second-order valence-corrected chi connectivity index (χ2v) is 7.92. The molecule has 0 radical (unpaired) electrons. The van der Waals surface area contributed by atoms with E-state index < -0.39 is 23.6 Å². The third kappa shape index (κ3) is 5.43. The van der Waals surface area contributed by atoms with Gasteiger partial charge in [-0.05, 0) is 36.4 Å². The lowest BCUT2D eigenvalue weighted by molar-refractivity contribution is -0.137. The maximum Gasteiger partial charge on any atom is 0.416 e. The molecule has 34 heavy (non-hydrogen) atoms. The van der Waals surface area contributed by atoms with Crippen molar-refractivity contribution in [3.8, 4) is 0 Å². The van der Waals surface area contributed by atoms with Crippen molar-refractivity contribution >= 4 is 46.0 Å². The number of aromatic nitrogens is 4. The van der Waals surface area contributed by atoms with Crippen molar-refractivity contribution in [2.45, 2.75) is 11.3 Å². The maximum absolute atomic E-state index is 12.9. The van der Waals surface area contributed by atoms with Crippen LogP contribution >= 0.6 is 11.8 Å². The Bertz CT molecular complexity index is 1430. The van der Waals surface area contributed by atoms with Crippen LogP contribution in [-0.2, 0) is 11.0 Å². The lowest BCUT2D eigenvalue weighted by Gasteiger charge is -2.11. The van der Waals surface area contributed by atoms with E-state index >= 15 is 0 Å². The molecule has 9 nitrogen and oxygen atoms in total. The quantitative estimate of drug-likeness (QED) is 0.242. The predicted octanol–water partition coefficient (Wildman–Crippen LogP) is 3.65. The summed E-state index contributed by atoms with van der Waals surface area (Å²) in [4.78, 5) is 43.4. The Balaban J connectivity index is 1.38. The van der Waals surface area contributed by atoms with Crippen LogP contribution in [0.5, 0.6) is 0 Å². The van der Waals surface area contributed by atoms with Gasteiger partial charge in [0, 0.05) is 16.9 Å². The molecule has 0 fully saturated rings. The number of halogens is 3. The van der Waals surface area contributed by atoms with E-state index in [2.05, 4.69) is 30.8 Å². The second-order valence-electron chi connectivity index (χ2n) is 6.95. The smallest absolute Gasteiger partial charge is 0.325 e. The summed E-state index contributed by atoms with van der Waals surface area (Å²) in [7, 11) is 0. The number of hydrogen-bond donors (Lipinski definition) is 4. The van der Waals surface area contributed by atoms with Gasteiger partial charge in [0.1, 0.15) is 5.39 Å². The summed E-state index contributed by atoms with van der Waals surface area (Å²) in [5.41, 5.74) is -0.536. The molecule has 2 amide bonds. The van der Waals surface area contributed by atoms with Crippen LogP contribution in [-0.4, -0.2) is 37.7 Å². The summed E-state index contributed by atoms with van der Waals surface area (Å²) in [6, 6.07) is 10.2. The number of carbonyl (C=O) groups excluding carboxylic acids is 2.